The summed E-state index contributed by atoms with van der Waals surface area (Å²) in [7, 11) is 0. The van der Waals surface area contributed by atoms with E-state index in [9.17, 15) is 0 Å². The summed E-state index contributed by atoms with van der Waals surface area (Å²) in [6, 6.07) is 182. The predicted molar refractivity (Wildman–Crippen MR) is 615 cm³/mol. The Balaban J connectivity index is 0.000000128. The van der Waals surface area contributed by atoms with Gasteiger partial charge >= 0.3 is 0 Å². The van der Waals surface area contributed by atoms with Crippen LogP contribution in [0.25, 0.3) is 328 Å². The van der Waals surface area contributed by atoms with Crippen molar-refractivity contribution in [3.63, 3.8) is 0 Å². The smallest absolute Gasteiger partial charge is 0.0625 e. The van der Waals surface area contributed by atoms with Crippen LogP contribution in [0.1, 0.15) is 0 Å². The van der Waals surface area contributed by atoms with Gasteiger partial charge in [0, 0.05) is 87.1 Å². The Labute approximate surface area is 825 Å². The van der Waals surface area contributed by atoms with E-state index in [-0.39, 0.29) is 0 Å². The molecule has 2 aliphatic carbocycles. The molecule has 34 rings (SSSR count). The normalized spacial score (nSPS) is 12.4. The highest BCUT2D eigenvalue weighted by atomic mass is 15.0. The van der Waals surface area contributed by atoms with Crippen LogP contribution in [0.4, 0.5) is 0 Å². The van der Waals surface area contributed by atoms with Gasteiger partial charge in [0.2, 0.25) is 0 Å². The average Bonchev–Trinajstić information content (AvgIpc) is 1.49. The van der Waals surface area contributed by atoms with Crippen LogP contribution in [0.3, 0.4) is 0 Å². The minimum atomic E-state index is 1.15. The summed E-state index contributed by atoms with van der Waals surface area (Å²) in [4.78, 5) is 0. The van der Waals surface area contributed by atoms with Gasteiger partial charge in [0.1, 0.15) is 0 Å². The van der Waals surface area contributed by atoms with E-state index in [1.807, 2.05) is 0 Å². The zero-order valence-electron chi connectivity index (χ0n) is 78.0. The largest absolute Gasteiger partial charge is 0.309 e. The van der Waals surface area contributed by atoms with E-state index in [2.05, 4.69) is 504 Å². The molecule has 0 spiro atoms. The van der Waals surface area contributed by atoms with Crippen LogP contribution < -0.4 is 0 Å². The summed E-state index contributed by atoms with van der Waals surface area (Å²) >= 11 is 0. The first-order valence-electron chi connectivity index (χ1n) is 50.2. The van der Waals surface area contributed by atoms with Crippen molar-refractivity contribution in [3.05, 3.63) is 485 Å². The maximum Gasteiger partial charge on any atom is 0.0625 e. The molecular weight excluding hydrogens is 1740 g/mol. The first-order chi connectivity index (χ1) is 71.5. The van der Waals surface area contributed by atoms with E-state index >= 15 is 0 Å². The topological polar surface area (TPSA) is 19.7 Å². The monoisotopic (exact) mass is 1820 g/mol. The first kappa shape index (κ1) is 78.0. The number of hydrogen-bond donors (Lipinski definition) is 0. The lowest BCUT2D eigenvalue weighted by molar-refractivity contribution is 1.19. The number of para-hydroxylation sites is 4. The van der Waals surface area contributed by atoms with Crippen molar-refractivity contribution in [2.45, 2.75) is 0 Å². The molecule has 0 saturated heterocycles. The van der Waals surface area contributed by atoms with Gasteiger partial charge in [-0.25, -0.2) is 0 Å². The maximum absolute atomic E-state index is 2.58. The van der Waals surface area contributed by atoms with Crippen molar-refractivity contribution in [1.29, 1.82) is 0 Å². The lowest BCUT2D eigenvalue weighted by atomic mass is 9.87. The minimum absolute atomic E-state index is 1.15. The van der Waals surface area contributed by atoms with E-state index in [0.717, 1.165) is 11.4 Å². The molecule has 0 bridgehead atoms. The molecule has 0 saturated carbocycles. The highest BCUT2D eigenvalue weighted by Gasteiger charge is 2.33. The number of benzene rings is 28. The second-order valence-electron chi connectivity index (χ2n) is 39.7. The highest BCUT2D eigenvalue weighted by molar-refractivity contribution is 6.42. The molecule has 28 aromatic carbocycles. The van der Waals surface area contributed by atoms with Gasteiger partial charge in [-0.3, -0.25) is 0 Å². The van der Waals surface area contributed by atoms with E-state index in [1.165, 1.54) is 316 Å². The number of rotatable bonds is 6. The number of nitrogens with zero attached hydrogens (tertiary/aromatic N) is 4. The lowest BCUT2D eigenvalue weighted by Crippen LogP contribution is -1.99. The van der Waals surface area contributed by atoms with Gasteiger partial charge in [0.25, 0.3) is 0 Å². The van der Waals surface area contributed by atoms with Crippen molar-refractivity contribution < 1.29 is 0 Å². The highest BCUT2D eigenvalue weighted by Crippen LogP contribution is 2.58. The van der Waals surface area contributed by atoms with Crippen LogP contribution in [0.5, 0.6) is 0 Å². The van der Waals surface area contributed by atoms with Crippen LogP contribution >= 0.6 is 0 Å². The molecular formula is C140H80N4. The summed E-state index contributed by atoms with van der Waals surface area (Å²) in [6.07, 6.45) is 0. The van der Waals surface area contributed by atoms with Gasteiger partial charge in [-0.05, 0) is 270 Å². The zero-order chi connectivity index (χ0) is 93.5. The van der Waals surface area contributed by atoms with Gasteiger partial charge < -0.3 is 18.3 Å². The predicted octanol–water partition coefficient (Wildman–Crippen LogP) is 38.5. The second kappa shape index (κ2) is 29.3. The first-order valence-corrected chi connectivity index (χ1v) is 50.2. The summed E-state index contributed by atoms with van der Waals surface area (Å²) in [5.41, 5.74) is 29.6. The molecule has 0 N–H and O–H groups in total. The van der Waals surface area contributed by atoms with Crippen molar-refractivity contribution in [2.75, 3.05) is 0 Å². The van der Waals surface area contributed by atoms with Crippen molar-refractivity contribution in [3.8, 4) is 89.5 Å². The lowest BCUT2D eigenvalue weighted by Gasteiger charge is -2.19. The van der Waals surface area contributed by atoms with Crippen LogP contribution in [-0.2, 0) is 0 Å². The summed E-state index contributed by atoms with van der Waals surface area (Å²) in [6.45, 7) is 0. The summed E-state index contributed by atoms with van der Waals surface area (Å²) < 4.78 is 10.1. The van der Waals surface area contributed by atoms with Gasteiger partial charge in [-0.2, -0.15) is 0 Å². The zero-order valence-corrected chi connectivity index (χ0v) is 78.0. The van der Waals surface area contributed by atoms with E-state index in [4.69, 9.17) is 0 Å². The number of fused-ring (bicyclic) bond motifs is 44. The van der Waals surface area contributed by atoms with Crippen LogP contribution in [0, 0.1) is 0 Å². The molecule has 4 heterocycles. The quantitative estimate of drug-likeness (QED) is 0.148. The Morgan fingerprint density at radius 1 is 0.104 bits per heavy atom. The third-order valence-electron chi connectivity index (χ3n) is 32.7. The molecule has 0 aliphatic heterocycles. The Morgan fingerprint density at radius 2 is 0.319 bits per heavy atom. The SMILES string of the molecule is c1ccc2c(c1)-c1cccc3c1c-2c(-n1c2ccccc2c2cc(-c4ccc5c6ccccc6n(-c6c7c8c(cccc8c8ccccc68)-c6ccccc6-7)c5c4)ccc21)c1ccccc13.c1ccc2c(c1)c1ccccc1c1c3cc(-n4c5ccccc5c5cc(-c6ccc7c8ccccc8n(-c8ccc9c%10ccccc%10c%10c%11ccccc%11c%11ccccc%11c%10c9c8)c7c6)ccc54)ccc3c3ccccc3c21. The number of hydrogen-bond acceptors (Lipinski definition) is 0. The van der Waals surface area contributed by atoms with Gasteiger partial charge in [-0.15, -0.1) is 0 Å². The van der Waals surface area contributed by atoms with Gasteiger partial charge in [0.15, 0.2) is 0 Å². The van der Waals surface area contributed by atoms with Crippen LogP contribution in [-0.4, -0.2) is 18.3 Å². The molecule has 4 nitrogen and oxygen atoms in total. The van der Waals surface area contributed by atoms with Crippen LogP contribution in [0.15, 0.2) is 485 Å². The third kappa shape index (κ3) is 10.5. The molecule has 0 amide bonds. The van der Waals surface area contributed by atoms with Crippen molar-refractivity contribution >= 4 is 238 Å². The minimum Gasteiger partial charge on any atom is -0.309 e. The fraction of sp³-hybridized carbons (Fsp3) is 0. The van der Waals surface area contributed by atoms with E-state index in [1.54, 1.807) is 0 Å². The average molecular weight is 1820 g/mol. The molecule has 4 heteroatoms. The fourth-order valence-electron chi connectivity index (χ4n) is 26.9. The molecule has 0 radical (unpaired) electrons. The fourth-order valence-corrected chi connectivity index (χ4v) is 26.9. The third-order valence-corrected chi connectivity index (χ3v) is 32.7. The molecule has 0 atom stereocenters. The van der Waals surface area contributed by atoms with Crippen molar-refractivity contribution in [1.82, 2.24) is 18.3 Å². The van der Waals surface area contributed by atoms with E-state index in [0.29, 0.717) is 0 Å². The second-order valence-corrected chi connectivity index (χ2v) is 39.7. The standard InChI is InChI=1S/C76H44N2.C64H36N2/c1-7-25-60-49(17-1)51-19-3-11-29-64(51)75-67-43-47(35-38-55(67)53-21-5-9-27-62(53)73(60)75)77-70-32-16-14-24-58(70)66-41-45(34-40-71(66)77)46-33-37-59-57-23-13-15-31-69(57)78(72(59)42-46)48-36-39-56-54-22-6-10-28-63(54)74-61-26-8-2-18-50(61)52-20-4-12-30-65(52)76(74)68(56)44-48;1-5-21-50-39(15-1)46-25-13-27-48-41-17-3-7-23-52(41)63(61(50)59(46)48)65-56-30-12-10-20-44(56)54-35-37(32-34-57(54)65)38-31-33-45-43-19-9-11-29-55(43)66(58(45)36-38)64-53-24-8-4-18-42(53)49-28-14-26-47-40-16-2-6-22-51(40)62(64)60(47)49/h1-44H;1-36H. The maximum atomic E-state index is 2.58. The summed E-state index contributed by atoms with van der Waals surface area (Å²) in [5, 5.41) is 46.1. The molecule has 144 heavy (non-hydrogen) atoms. The van der Waals surface area contributed by atoms with Crippen LogP contribution in [0.2, 0.25) is 0 Å². The summed E-state index contributed by atoms with van der Waals surface area (Å²) in [5.74, 6) is 0. The molecule has 0 fully saturated rings. The Kier molecular flexibility index (Phi) is 15.9. The molecule has 660 valence electrons. The Morgan fingerprint density at radius 3 is 0.694 bits per heavy atom. The van der Waals surface area contributed by atoms with E-state index < -0.39 is 0 Å². The van der Waals surface area contributed by atoms with Crippen molar-refractivity contribution in [2.24, 2.45) is 0 Å². The molecule has 2 aliphatic rings. The van der Waals surface area contributed by atoms with Gasteiger partial charge in [0.05, 0.1) is 55.5 Å². The molecule has 4 aromatic heterocycles. The molecule has 32 aromatic rings. The van der Waals surface area contributed by atoms with Gasteiger partial charge in [-0.1, -0.05) is 400 Å². The molecule has 0 unspecified atom stereocenters. The Hall–Kier alpha value is -19.0. The number of aromatic nitrogens is 4. The Bertz CT molecular complexity index is 11500.